The minimum atomic E-state index is -0.947. The number of ether oxygens (including phenoxy) is 1. The molecule has 2 rings (SSSR count). The van der Waals surface area contributed by atoms with Crippen molar-refractivity contribution < 1.29 is 14.6 Å². The number of aromatic nitrogens is 3. The molecule has 1 saturated heterocycles. The van der Waals surface area contributed by atoms with Crippen LogP contribution in [0, 0.1) is 0 Å². The van der Waals surface area contributed by atoms with Crippen LogP contribution in [-0.2, 0) is 16.1 Å². The highest BCUT2D eigenvalue weighted by atomic mass is 16.5. The second kappa shape index (κ2) is 4.68. The van der Waals surface area contributed by atoms with Crippen molar-refractivity contribution in [2.75, 3.05) is 25.5 Å². The van der Waals surface area contributed by atoms with E-state index in [0.29, 0.717) is 13.0 Å². The largest absolute Gasteiger partial charge is 0.386 e. The molecular weight excluding hydrogens is 226 g/mol. The van der Waals surface area contributed by atoms with Gasteiger partial charge in [0.25, 0.3) is 0 Å². The molecule has 0 bridgehead atoms. The maximum atomic E-state index is 11.5. The van der Waals surface area contributed by atoms with Crippen molar-refractivity contribution in [2.45, 2.75) is 18.6 Å². The number of carbonyl (C=O) groups excluding carboxylic acids is 1. The molecule has 2 heterocycles. The van der Waals surface area contributed by atoms with Gasteiger partial charge in [-0.1, -0.05) is 0 Å². The van der Waals surface area contributed by atoms with Crippen molar-refractivity contribution >= 4 is 11.9 Å². The standard InChI is InChI=1S/C9H15N5O3/c10-8-12-6-14(13-8)3-7(15)11-4-9(16)1-2-17-5-9/h6,16H,1-5H2,(H2,10,13)(H,11,15). The smallest absolute Gasteiger partial charge is 0.241 e. The number of hydrogen-bond donors (Lipinski definition) is 3. The topological polar surface area (TPSA) is 115 Å². The molecular formula is C9H15N5O3. The van der Waals surface area contributed by atoms with Crippen molar-refractivity contribution in [1.82, 2.24) is 20.1 Å². The number of nitrogen functional groups attached to an aromatic ring is 1. The lowest BCUT2D eigenvalue weighted by Crippen LogP contribution is -2.44. The molecule has 1 aromatic heterocycles. The molecule has 1 unspecified atom stereocenters. The number of nitrogens with two attached hydrogens (primary N) is 1. The Labute approximate surface area is 97.8 Å². The van der Waals surface area contributed by atoms with E-state index in [1.54, 1.807) is 0 Å². The van der Waals surface area contributed by atoms with Gasteiger partial charge in [0.2, 0.25) is 11.9 Å². The zero-order chi connectivity index (χ0) is 12.3. The van der Waals surface area contributed by atoms with Gasteiger partial charge in [0.05, 0.1) is 6.61 Å². The van der Waals surface area contributed by atoms with Gasteiger partial charge in [-0.2, -0.15) is 0 Å². The fraction of sp³-hybridized carbons (Fsp3) is 0.667. The third-order valence-corrected chi connectivity index (χ3v) is 2.56. The maximum absolute atomic E-state index is 11.5. The third kappa shape index (κ3) is 3.14. The summed E-state index contributed by atoms with van der Waals surface area (Å²) in [5.74, 6) is -0.129. The average molecular weight is 241 g/mol. The normalized spacial score (nSPS) is 23.8. The first-order valence-corrected chi connectivity index (χ1v) is 5.29. The molecule has 0 radical (unpaired) electrons. The Balaban J connectivity index is 1.77. The van der Waals surface area contributed by atoms with E-state index in [9.17, 15) is 9.90 Å². The van der Waals surface area contributed by atoms with Crippen LogP contribution in [0.15, 0.2) is 6.33 Å². The van der Waals surface area contributed by atoms with Gasteiger partial charge >= 0.3 is 0 Å². The summed E-state index contributed by atoms with van der Waals surface area (Å²) in [6, 6.07) is 0. The highest BCUT2D eigenvalue weighted by molar-refractivity contribution is 5.75. The highest BCUT2D eigenvalue weighted by Crippen LogP contribution is 2.16. The summed E-state index contributed by atoms with van der Waals surface area (Å²) in [6.07, 6.45) is 1.91. The molecule has 1 fully saturated rings. The zero-order valence-corrected chi connectivity index (χ0v) is 9.30. The molecule has 0 spiro atoms. The van der Waals surface area contributed by atoms with Gasteiger partial charge in [-0.05, 0) is 0 Å². The summed E-state index contributed by atoms with van der Waals surface area (Å²) in [5.41, 5.74) is 4.37. The molecule has 1 aliphatic rings. The predicted molar refractivity (Wildman–Crippen MR) is 57.8 cm³/mol. The fourth-order valence-corrected chi connectivity index (χ4v) is 1.59. The SMILES string of the molecule is Nc1ncn(CC(=O)NCC2(O)CCOC2)n1. The van der Waals surface area contributed by atoms with Crippen LogP contribution in [0.5, 0.6) is 0 Å². The summed E-state index contributed by atoms with van der Waals surface area (Å²) in [6.45, 7) is 0.979. The maximum Gasteiger partial charge on any atom is 0.241 e. The first kappa shape index (κ1) is 11.8. The van der Waals surface area contributed by atoms with Crippen LogP contribution < -0.4 is 11.1 Å². The number of anilines is 1. The molecule has 0 aliphatic carbocycles. The summed E-state index contributed by atoms with van der Waals surface area (Å²) in [4.78, 5) is 15.2. The van der Waals surface area contributed by atoms with Crippen LogP contribution in [0.2, 0.25) is 0 Å². The van der Waals surface area contributed by atoms with E-state index in [4.69, 9.17) is 10.5 Å². The Morgan fingerprint density at radius 1 is 1.76 bits per heavy atom. The summed E-state index contributed by atoms with van der Waals surface area (Å²) in [5, 5.41) is 16.3. The lowest BCUT2D eigenvalue weighted by Gasteiger charge is -2.20. The quantitative estimate of drug-likeness (QED) is 0.568. The molecule has 1 amide bonds. The van der Waals surface area contributed by atoms with Crippen molar-refractivity contribution in [3.63, 3.8) is 0 Å². The molecule has 0 saturated carbocycles. The Hall–Kier alpha value is -1.67. The summed E-state index contributed by atoms with van der Waals surface area (Å²) < 4.78 is 6.40. The van der Waals surface area contributed by atoms with Gasteiger partial charge in [-0.15, -0.1) is 5.10 Å². The number of nitrogens with one attached hydrogen (secondary N) is 1. The molecule has 8 heteroatoms. The van der Waals surface area contributed by atoms with Crippen molar-refractivity contribution in [1.29, 1.82) is 0 Å². The van der Waals surface area contributed by atoms with Crippen LogP contribution in [-0.4, -0.2) is 51.1 Å². The molecule has 94 valence electrons. The third-order valence-electron chi connectivity index (χ3n) is 2.56. The van der Waals surface area contributed by atoms with Gasteiger partial charge in [0.15, 0.2) is 0 Å². The molecule has 1 aliphatic heterocycles. The Morgan fingerprint density at radius 2 is 2.59 bits per heavy atom. The number of amides is 1. The monoisotopic (exact) mass is 241 g/mol. The van der Waals surface area contributed by atoms with E-state index in [1.807, 2.05) is 0 Å². The number of nitrogens with zero attached hydrogens (tertiary/aromatic N) is 3. The molecule has 17 heavy (non-hydrogen) atoms. The van der Waals surface area contributed by atoms with Crippen LogP contribution >= 0.6 is 0 Å². The van der Waals surface area contributed by atoms with Crippen LogP contribution in [0.25, 0.3) is 0 Å². The minimum Gasteiger partial charge on any atom is -0.386 e. The Morgan fingerprint density at radius 3 is 3.18 bits per heavy atom. The first-order valence-electron chi connectivity index (χ1n) is 5.29. The van der Waals surface area contributed by atoms with Gasteiger partial charge in [0, 0.05) is 19.6 Å². The lowest BCUT2D eigenvalue weighted by molar-refractivity contribution is -0.123. The Kier molecular flexibility index (Phi) is 3.25. The van der Waals surface area contributed by atoms with E-state index < -0.39 is 5.60 Å². The second-order valence-electron chi connectivity index (χ2n) is 4.10. The predicted octanol–water partition coefficient (Wildman–Crippen LogP) is -1.87. The van der Waals surface area contributed by atoms with E-state index in [0.717, 1.165) is 0 Å². The highest BCUT2D eigenvalue weighted by Gasteiger charge is 2.32. The van der Waals surface area contributed by atoms with Gasteiger partial charge in [0.1, 0.15) is 18.5 Å². The fourth-order valence-electron chi connectivity index (χ4n) is 1.59. The van der Waals surface area contributed by atoms with Gasteiger partial charge in [-0.3, -0.25) is 4.79 Å². The van der Waals surface area contributed by atoms with Crippen molar-refractivity contribution in [3.05, 3.63) is 6.33 Å². The van der Waals surface area contributed by atoms with Crippen LogP contribution in [0.3, 0.4) is 0 Å². The molecule has 1 atom stereocenters. The number of carbonyl (C=O) groups is 1. The van der Waals surface area contributed by atoms with Crippen LogP contribution in [0.4, 0.5) is 5.95 Å². The second-order valence-corrected chi connectivity index (χ2v) is 4.10. The van der Waals surface area contributed by atoms with Gasteiger partial charge < -0.3 is 20.9 Å². The molecule has 4 N–H and O–H groups in total. The van der Waals surface area contributed by atoms with Gasteiger partial charge in [-0.25, -0.2) is 9.67 Å². The number of aliphatic hydroxyl groups is 1. The lowest BCUT2D eigenvalue weighted by atomic mass is 10.0. The number of rotatable bonds is 4. The summed E-state index contributed by atoms with van der Waals surface area (Å²) >= 11 is 0. The molecule has 0 aromatic carbocycles. The minimum absolute atomic E-state index is 0.0289. The zero-order valence-electron chi connectivity index (χ0n) is 9.30. The number of hydrogen-bond acceptors (Lipinski definition) is 6. The Bertz CT molecular complexity index is 399. The van der Waals surface area contributed by atoms with Crippen LogP contribution in [0.1, 0.15) is 6.42 Å². The van der Waals surface area contributed by atoms with E-state index in [2.05, 4.69) is 15.4 Å². The van der Waals surface area contributed by atoms with E-state index in [1.165, 1.54) is 11.0 Å². The van der Waals surface area contributed by atoms with E-state index >= 15 is 0 Å². The van der Waals surface area contributed by atoms with Crippen molar-refractivity contribution in [3.8, 4) is 0 Å². The van der Waals surface area contributed by atoms with Crippen molar-refractivity contribution in [2.24, 2.45) is 0 Å². The molecule has 8 nitrogen and oxygen atoms in total. The molecule has 1 aromatic rings. The first-order chi connectivity index (χ1) is 8.07. The average Bonchev–Trinajstić information content (AvgIpc) is 2.86. The van der Waals surface area contributed by atoms with E-state index in [-0.39, 0.29) is 31.6 Å². The summed E-state index contributed by atoms with van der Waals surface area (Å²) in [7, 11) is 0.